The third-order valence-electron chi connectivity index (χ3n) is 20.0. The van der Waals surface area contributed by atoms with Gasteiger partial charge in [-0.1, -0.05) is 78.3 Å². The van der Waals surface area contributed by atoms with Gasteiger partial charge in [0.2, 0.25) is 0 Å². The number of aliphatic hydroxyl groups excluding tert-OH is 3. The topological polar surface area (TPSA) is 295 Å². The lowest BCUT2D eigenvalue weighted by Crippen LogP contribution is -2.17. The molecule has 8 aliphatic rings. The molecule has 18 rings (SSSR count). The number of aliphatic hydroxyl groups is 3. The number of ketones is 1. The quantitative estimate of drug-likeness (QED) is 0.0244. The molecule has 0 amide bonds. The van der Waals surface area contributed by atoms with Gasteiger partial charge in [0.25, 0.3) is 0 Å². The van der Waals surface area contributed by atoms with Gasteiger partial charge >= 0.3 is 5.97 Å². The number of carbonyl (C=O) groups excluding carboxylic acids is 3. The zero-order chi connectivity index (χ0) is 83.9. The molecule has 7 aliphatic heterocycles. The second kappa shape index (κ2) is 47.7. The lowest BCUT2D eigenvalue weighted by Gasteiger charge is -2.26. The summed E-state index contributed by atoms with van der Waals surface area (Å²) < 4.78 is 55.8. The number of halogens is 7. The zero-order valence-corrected chi connectivity index (χ0v) is 75.6. The molecule has 5 N–H and O–H groups in total. The number of hydrogen-bond acceptors (Lipinski definition) is 27. The maximum absolute atomic E-state index is 13.0. The van der Waals surface area contributed by atoms with Crippen LogP contribution >= 0.6 is 142 Å². The minimum Gasteiger partial charge on any atom is -0.462 e. The van der Waals surface area contributed by atoms with Crippen molar-refractivity contribution in [1.82, 2.24) is 24.9 Å². The van der Waals surface area contributed by atoms with Gasteiger partial charge in [-0.25, -0.2) is 35.0 Å². The number of aryl methyl sites for hydroxylation is 5. The Morgan fingerprint density at radius 2 is 0.950 bits per heavy atom. The predicted molar refractivity (Wildman–Crippen MR) is 473 cm³/mol. The van der Waals surface area contributed by atoms with Crippen molar-refractivity contribution in [3.8, 4) is 0 Å². The molecule has 17 heterocycles. The van der Waals surface area contributed by atoms with E-state index in [4.69, 9.17) is 105 Å². The molecule has 1 saturated carbocycles. The number of esters is 1. The number of nitrogens with zero attached hydrogens (tertiary/aromatic N) is 5. The van der Waals surface area contributed by atoms with Gasteiger partial charge in [0.15, 0.2) is 30.9 Å². The van der Waals surface area contributed by atoms with E-state index in [1.807, 2.05) is 57.4 Å². The minimum atomic E-state index is -0.830. The highest BCUT2D eigenvalue weighted by Crippen LogP contribution is 2.45. The van der Waals surface area contributed by atoms with E-state index in [1.54, 1.807) is 82.1 Å². The van der Waals surface area contributed by atoms with E-state index in [9.17, 15) is 29.7 Å². The first kappa shape index (κ1) is 96.0. The Labute approximate surface area is 751 Å². The van der Waals surface area contributed by atoms with Crippen molar-refractivity contribution in [3.05, 3.63) is 249 Å². The van der Waals surface area contributed by atoms with Crippen molar-refractivity contribution < 1.29 is 77.1 Å². The molecule has 3 atom stereocenters. The van der Waals surface area contributed by atoms with E-state index in [0.29, 0.717) is 121 Å². The van der Waals surface area contributed by atoms with Crippen LogP contribution in [-0.2, 0) is 79.5 Å². The van der Waals surface area contributed by atoms with E-state index >= 15 is 0 Å². The Morgan fingerprint density at radius 1 is 0.487 bits per heavy atom. The summed E-state index contributed by atoms with van der Waals surface area (Å²) in [5.74, 6) is 0.287. The molecular weight excluding hydrogens is 1810 g/mol. The summed E-state index contributed by atoms with van der Waals surface area (Å²) >= 11 is 45.4. The lowest BCUT2D eigenvalue weighted by atomic mass is 9.95. The van der Waals surface area contributed by atoms with Crippen LogP contribution in [0.25, 0.3) is 0 Å². The molecule has 3 unspecified atom stereocenters. The molecular formula is C85H95BrCl6N6O16S5. The molecule has 640 valence electrons. The van der Waals surface area contributed by atoms with Gasteiger partial charge in [-0.2, -0.15) is 0 Å². The number of ether oxygens (including phenoxy) is 10. The van der Waals surface area contributed by atoms with Gasteiger partial charge in [-0.15, -0.1) is 56.7 Å². The summed E-state index contributed by atoms with van der Waals surface area (Å²) in [5.41, 5.74) is 12.5. The fourth-order valence-electron chi connectivity index (χ4n) is 14.1. The van der Waals surface area contributed by atoms with Gasteiger partial charge in [0.05, 0.1) is 84.5 Å². The first-order valence-electron chi connectivity index (χ1n) is 38.3. The van der Waals surface area contributed by atoms with Crippen molar-refractivity contribution in [2.75, 3.05) is 85.9 Å². The Bertz CT molecular complexity index is 4960. The Hall–Kier alpha value is -5.24. The molecule has 1 aliphatic carbocycles. The summed E-state index contributed by atoms with van der Waals surface area (Å²) in [6, 6.07) is 18.7. The largest absolute Gasteiger partial charge is 0.462 e. The molecule has 0 aromatic carbocycles. The van der Waals surface area contributed by atoms with Gasteiger partial charge in [-0.05, 0) is 241 Å². The molecule has 0 spiro atoms. The minimum absolute atomic E-state index is 0. The van der Waals surface area contributed by atoms with E-state index in [2.05, 4.69) is 89.9 Å². The van der Waals surface area contributed by atoms with E-state index in [-0.39, 0.29) is 63.5 Å². The summed E-state index contributed by atoms with van der Waals surface area (Å²) in [7, 11) is 0. The first-order chi connectivity index (χ1) is 57.1. The molecule has 4 saturated heterocycles. The standard InChI is InChI=1S/C18H20ClNO2S.C16H18ClNO4S.C16H16ClNO3S.C14H12ClNO2S.C8H9BrO2S.C8H6ClNO2.C4H8O.CH4.ClH2N/c1-11-14(8-16(23-11)12-4-2-3-5-12)18(22)15-9-17(19)20-10-13(15)6-7-21;1-9-11(6-13(23-9)16-21-4-5-22-16)15(20)12-7-14(17)18-8-10(12)2-3-19;1-9-11(6-13(22-9)16-20-4-5-21-16)15-12-7-14(17)18-8-10(12)2-3-19-15;1-8-11(4-10(7-17)19-8)14-12-5-13(15)16-6-9(12)2-3-18-14;1-5-6(9)4-7(12-5)8-10-2-3-11-8;9-7-3-6-5(4-10-7)1-2-12-8(6)11;1-2-4-5-3-1;;1-2/h8-10,12,21H,2-7H2,1H3;6-8,15-16,19-20H,2-5H2,1H3;6-8,15-16H,2-5H2,1H3;4-7,14H,2-3H2,1H3;4,8H,2-3H2,1H3;3-4H,1-2H2;1-4H2;1H4;2H2. The van der Waals surface area contributed by atoms with Gasteiger partial charge in [-0.3, -0.25) is 9.59 Å². The Morgan fingerprint density at radius 3 is 1.48 bits per heavy atom. The SMILES string of the molecule is C.C1CCOC1.Cc1sc(C2CCCC2)cc1C(=O)c1cc(Cl)ncc1CCO.Cc1sc(C2OCCO2)cc1Br.Cc1sc(C2OCCO2)cc1C(O)c1cc(Cl)ncc1CCO.Cc1sc(C2OCCO2)cc1C1OCCc2cnc(Cl)cc21.Cc1sc(C=O)cc1C1OCCc2cnc(Cl)cc21.NCl.O=C1OCCc2cnc(Cl)cc21. The average Bonchev–Trinajstić information content (AvgIpc) is 1.72. The van der Waals surface area contributed by atoms with Crippen molar-refractivity contribution in [1.29, 1.82) is 0 Å². The van der Waals surface area contributed by atoms with Crippen LogP contribution in [0, 0.1) is 34.6 Å². The highest BCUT2D eigenvalue weighted by Gasteiger charge is 2.33. The highest BCUT2D eigenvalue weighted by molar-refractivity contribution is 9.10. The van der Waals surface area contributed by atoms with Gasteiger partial charge in [0, 0.05) is 109 Å². The second-order valence-electron chi connectivity index (χ2n) is 27.8. The number of rotatable bonds is 15. The van der Waals surface area contributed by atoms with Crippen LogP contribution in [0.4, 0.5) is 0 Å². The smallest absolute Gasteiger partial charge is 0.338 e. The summed E-state index contributed by atoms with van der Waals surface area (Å²) in [6.45, 7) is 17.8. The average molecular weight is 1910 g/mol. The fraction of sp³-hybridized carbons (Fsp3) is 0.435. The monoisotopic (exact) mass is 1900 g/mol. The molecule has 10 aromatic rings. The first-order valence-corrected chi connectivity index (χ1v) is 45.5. The maximum atomic E-state index is 13.0. The van der Waals surface area contributed by atoms with E-state index in [0.717, 1.165) is 122 Å². The predicted octanol–water partition coefficient (Wildman–Crippen LogP) is 20.5. The van der Waals surface area contributed by atoms with Crippen molar-refractivity contribution in [2.45, 2.75) is 156 Å². The van der Waals surface area contributed by atoms with Gasteiger partial charge < -0.3 is 62.7 Å². The fourth-order valence-corrected chi connectivity index (χ4v) is 20.7. The number of carbonyl (C=O) groups is 3. The second-order valence-corrected chi connectivity index (χ2v) is 37.0. The third kappa shape index (κ3) is 26.0. The van der Waals surface area contributed by atoms with E-state index in [1.165, 1.54) is 81.2 Å². The van der Waals surface area contributed by atoms with Crippen LogP contribution in [0.5, 0.6) is 0 Å². The molecule has 119 heavy (non-hydrogen) atoms. The molecule has 5 fully saturated rings. The summed E-state index contributed by atoms with van der Waals surface area (Å²) in [6.07, 6.45) is 18.4. The number of hydrogen-bond donors (Lipinski definition) is 4. The zero-order valence-electron chi connectivity index (χ0n) is 65.4. The molecule has 0 radical (unpaired) electrons. The molecule has 10 aromatic heterocycles. The number of fused-ring (bicyclic) bond motifs is 3. The summed E-state index contributed by atoms with van der Waals surface area (Å²) in [5, 5.41) is 35.1. The number of thiophene rings is 5. The molecule has 0 bridgehead atoms. The Kier molecular flexibility index (Phi) is 38.5. The van der Waals surface area contributed by atoms with Crippen molar-refractivity contribution >= 4 is 160 Å². The normalized spacial score (nSPS) is 17.7. The summed E-state index contributed by atoms with van der Waals surface area (Å²) in [4.78, 5) is 66.1. The number of aromatic nitrogens is 5. The van der Waals surface area contributed by atoms with Crippen LogP contribution in [-0.4, -0.2) is 144 Å². The van der Waals surface area contributed by atoms with E-state index < -0.39 is 6.10 Å². The van der Waals surface area contributed by atoms with Crippen LogP contribution in [0.2, 0.25) is 25.8 Å². The number of cyclic esters (lactones) is 1. The molecule has 34 heteroatoms. The molecule has 22 nitrogen and oxygen atoms in total. The number of nitrogens with two attached hydrogens (primary N) is 1. The van der Waals surface area contributed by atoms with Gasteiger partial charge in [0.1, 0.15) is 44.1 Å². The number of pyridine rings is 5. The third-order valence-corrected chi connectivity index (χ3v) is 27.6. The lowest BCUT2D eigenvalue weighted by molar-refractivity contribution is -0.0416. The number of aldehydes is 1. The Balaban J connectivity index is 0.000000149. The van der Waals surface area contributed by atoms with Crippen LogP contribution < -0.4 is 5.25 Å². The van der Waals surface area contributed by atoms with Crippen LogP contribution in [0.15, 0.2) is 96.1 Å². The van der Waals surface area contributed by atoms with Crippen LogP contribution in [0.3, 0.4) is 0 Å². The van der Waals surface area contributed by atoms with Crippen molar-refractivity contribution in [3.63, 3.8) is 0 Å². The highest BCUT2D eigenvalue weighted by atomic mass is 79.9. The van der Waals surface area contributed by atoms with Crippen LogP contribution in [0.1, 0.15) is 230 Å². The maximum Gasteiger partial charge on any atom is 0.338 e. The van der Waals surface area contributed by atoms with Crippen molar-refractivity contribution in [2.24, 2.45) is 5.25 Å².